The number of carbonyl (C=O) groups is 1. The fourth-order valence-electron chi connectivity index (χ4n) is 2.05. The Hall–Kier alpha value is -1.06. The third kappa shape index (κ3) is 2.20. The topological polar surface area (TPSA) is 40.5 Å². The number of nitrogens with zero attached hydrogens (tertiary/aromatic N) is 1. The zero-order chi connectivity index (χ0) is 11.5. The van der Waals surface area contributed by atoms with Crippen LogP contribution in [0.5, 0.6) is 0 Å². The third-order valence-corrected chi connectivity index (χ3v) is 3.14. The molecule has 0 radical (unpaired) electrons. The van der Waals surface area contributed by atoms with Crippen molar-refractivity contribution < 1.29 is 9.90 Å². The summed E-state index contributed by atoms with van der Waals surface area (Å²) in [5.74, 6) is 0.0166. The molecule has 1 saturated heterocycles. The van der Waals surface area contributed by atoms with Crippen LogP contribution in [-0.4, -0.2) is 34.4 Å². The van der Waals surface area contributed by atoms with Crippen molar-refractivity contribution in [1.29, 1.82) is 0 Å². The molecule has 1 aromatic carbocycles. The van der Waals surface area contributed by atoms with Gasteiger partial charge in [0.15, 0.2) is 0 Å². The lowest BCUT2D eigenvalue weighted by Gasteiger charge is -2.26. The number of hydrogen-bond acceptors (Lipinski definition) is 2. The molecular weight excluding hydrogens is 226 g/mol. The lowest BCUT2D eigenvalue weighted by molar-refractivity contribution is -0.130. The first-order valence-corrected chi connectivity index (χ1v) is 5.75. The summed E-state index contributed by atoms with van der Waals surface area (Å²) < 4.78 is 0. The highest BCUT2D eigenvalue weighted by molar-refractivity contribution is 6.22. The number of benzene rings is 1. The number of likely N-dealkylation sites (tertiary alicyclic amines) is 1. The van der Waals surface area contributed by atoms with Gasteiger partial charge in [-0.1, -0.05) is 30.3 Å². The van der Waals surface area contributed by atoms with Gasteiger partial charge in [-0.05, 0) is 5.56 Å². The van der Waals surface area contributed by atoms with Gasteiger partial charge in [0.1, 0.15) is 0 Å². The average molecular weight is 240 g/mol. The molecule has 16 heavy (non-hydrogen) atoms. The van der Waals surface area contributed by atoms with E-state index in [0.29, 0.717) is 13.0 Å². The molecule has 2 atom stereocenters. The smallest absolute Gasteiger partial charge is 0.224 e. The van der Waals surface area contributed by atoms with Crippen LogP contribution in [0.4, 0.5) is 0 Å². The lowest BCUT2D eigenvalue weighted by Crippen LogP contribution is -2.32. The van der Waals surface area contributed by atoms with Crippen LogP contribution in [0.15, 0.2) is 30.3 Å². The monoisotopic (exact) mass is 239 g/mol. The largest absolute Gasteiger partial charge is 0.394 e. The Labute approximate surface area is 99.6 Å². The Bertz CT molecular complexity index is 369. The van der Waals surface area contributed by atoms with Crippen LogP contribution in [0.1, 0.15) is 18.0 Å². The van der Waals surface area contributed by atoms with Crippen molar-refractivity contribution in [2.24, 2.45) is 0 Å². The van der Waals surface area contributed by atoms with E-state index in [2.05, 4.69) is 0 Å². The van der Waals surface area contributed by atoms with Crippen molar-refractivity contribution in [2.45, 2.75) is 17.8 Å². The van der Waals surface area contributed by atoms with E-state index in [1.54, 1.807) is 4.90 Å². The summed E-state index contributed by atoms with van der Waals surface area (Å²) in [6.07, 6.45) is 0.366. The molecule has 4 heteroatoms. The number of aliphatic hydroxyl groups excluding tert-OH is 1. The first kappa shape index (κ1) is 11.4. The molecule has 1 aliphatic heterocycles. The van der Waals surface area contributed by atoms with Crippen molar-refractivity contribution in [3.8, 4) is 0 Å². The van der Waals surface area contributed by atoms with Gasteiger partial charge in [-0.25, -0.2) is 0 Å². The van der Waals surface area contributed by atoms with E-state index in [9.17, 15) is 9.90 Å². The minimum atomic E-state index is -0.266. The van der Waals surface area contributed by atoms with Crippen LogP contribution in [0.3, 0.4) is 0 Å². The second-order valence-corrected chi connectivity index (χ2v) is 4.57. The molecule has 1 aliphatic rings. The molecule has 1 aromatic rings. The number of rotatable bonds is 3. The highest BCUT2D eigenvalue weighted by atomic mass is 35.5. The molecule has 1 N–H and O–H groups in total. The van der Waals surface area contributed by atoms with E-state index >= 15 is 0 Å². The van der Waals surface area contributed by atoms with Gasteiger partial charge in [-0.15, -0.1) is 11.6 Å². The molecule has 1 fully saturated rings. The van der Waals surface area contributed by atoms with Gasteiger partial charge < -0.3 is 10.0 Å². The van der Waals surface area contributed by atoms with Gasteiger partial charge in [0.25, 0.3) is 0 Å². The fraction of sp³-hybridized carbons (Fsp3) is 0.417. The Kier molecular flexibility index (Phi) is 3.46. The van der Waals surface area contributed by atoms with Crippen LogP contribution in [0.2, 0.25) is 0 Å². The maximum Gasteiger partial charge on any atom is 0.224 e. The molecule has 0 aromatic heterocycles. The Morgan fingerprint density at radius 3 is 2.62 bits per heavy atom. The summed E-state index contributed by atoms with van der Waals surface area (Å²) in [5, 5.41) is 9.27. The molecular formula is C12H14ClNO2. The van der Waals surface area contributed by atoms with Gasteiger partial charge in [0, 0.05) is 13.0 Å². The second kappa shape index (κ2) is 4.85. The summed E-state index contributed by atoms with van der Waals surface area (Å²) >= 11 is 5.95. The van der Waals surface area contributed by atoms with E-state index in [-0.39, 0.29) is 23.9 Å². The third-order valence-electron chi connectivity index (χ3n) is 2.84. The minimum Gasteiger partial charge on any atom is -0.394 e. The first-order chi connectivity index (χ1) is 7.72. The van der Waals surface area contributed by atoms with E-state index in [1.807, 2.05) is 30.3 Å². The van der Waals surface area contributed by atoms with Crippen LogP contribution < -0.4 is 0 Å². The maximum atomic E-state index is 11.7. The molecule has 3 nitrogen and oxygen atoms in total. The van der Waals surface area contributed by atoms with Crippen LogP contribution in [0, 0.1) is 0 Å². The van der Waals surface area contributed by atoms with Crippen LogP contribution in [0.25, 0.3) is 0 Å². The van der Waals surface area contributed by atoms with Crippen molar-refractivity contribution in [1.82, 2.24) is 4.90 Å². The molecule has 0 spiro atoms. The zero-order valence-electron chi connectivity index (χ0n) is 8.84. The highest BCUT2D eigenvalue weighted by Crippen LogP contribution is 2.27. The van der Waals surface area contributed by atoms with E-state index in [4.69, 9.17) is 11.6 Å². The molecule has 0 bridgehead atoms. The number of halogens is 1. The summed E-state index contributed by atoms with van der Waals surface area (Å²) in [4.78, 5) is 13.3. The number of aliphatic hydroxyl groups is 1. The van der Waals surface area contributed by atoms with Crippen molar-refractivity contribution in [3.05, 3.63) is 35.9 Å². The predicted octanol–water partition coefficient (Wildman–Crippen LogP) is 1.56. The van der Waals surface area contributed by atoms with Crippen molar-refractivity contribution in [3.63, 3.8) is 0 Å². The maximum absolute atomic E-state index is 11.7. The van der Waals surface area contributed by atoms with E-state index in [0.717, 1.165) is 5.56 Å². The minimum absolute atomic E-state index is 0.0166. The van der Waals surface area contributed by atoms with Gasteiger partial charge in [-0.2, -0.15) is 0 Å². The molecule has 1 heterocycles. The zero-order valence-corrected chi connectivity index (χ0v) is 9.60. The number of hydrogen-bond donors (Lipinski definition) is 1. The standard InChI is InChI=1S/C12H14ClNO2/c13-10-6-12(16)14(7-10)11(8-15)9-4-2-1-3-5-9/h1-5,10-11,15H,6-8H2. The summed E-state index contributed by atoms with van der Waals surface area (Å²) in [6, 6.07) is 9.27. The summed E-state index contributed by atoms with van der Waals surface area (Å²) in [6.45, 7) is 0.444. The van der Waals surface area contributed by atoms with Gasteiger partial charge in [0.05, 0.1) is 18.0 Å². The van der Waals surface area contributed by atoms with Crippen molar-refractivity contribution in [2.75, 3.05) is 13.2 Å². The van der Waals surface area contributed by atoms with Crippen LogP contribution >= 0.6 is 11.6 Å². The fourth-order valence-corrected chi connectivity index (χ4v) is 2.33. The Morgan fingerprint density at radius 1 is 1.44 bits per heavy atom. The molecule has 86 valence electrons. The Balaban J connectivity index is 2.20. The van der Waals surface area contributed by atoms with Crippen molar-refractivity contribution >= 4 is 17.5 Å². The average Bonchev–Trinajstić information content (AvgIpc) is 2.61. The number of alkyl halides is 1. The van der Waals surface area contributed by atoms with E-state index in [1.165, 1.54) is 0 Å². The number of amides is 1. The summed E-state index contributed by atoms with van der Waals surface area (Å²) in [7, 11) is 0. The van der Waals surface area contributed by atoms with Gasteiger partial charge >= 0.3 is 0 Å². The quantitative estimate of drug-likeness (QED) is 0.814. The van der Waals surface area contributed by atoms with Crippen LogP contribution in [-0.2, 0) is 4.79 Å². The second-order valence-electron chi connectivity index (χ2n) is 3.96. The Morgan fingerprint density at radius 2 is 2.12 bits per heavy atom. The first-order valence-electron chi connectivity index (χ1n) is 5.31. The SMILES string of the molecule is O=C1CC(Cl)CN1C(CO)c1ccccc1. The molecule has 2 rings (SSSR count). The number of carbonyl (C=O) groups excluding carboxylic acids is 1. The normalized spacial score (nSPS) is 22.5. The van der Waals surface area contributed by atoms with E-state index < -0.39 is 0 Å². The molecule has 2 unspecified atom stereocenters. The lowest BCUT2D eigenvalue weighted by atomic mass is 10.1. The molecule has 0 aliphatic carbocycles. The molecule has 1 amide bonds. The van der Waals surface area contributed by atoms with Gasteiger partial charge in [0.2, 0.25) is 5.91 Å². The highest BCUT2D eigenvalue weighted by Gasteiger charge is 2.33. The summed E-state index contributed by atoms with van der Waals surface area (Å²) in [5.41, 5.74) is 0.948. The van der Waals surface area contributed by atoms with Gasteiger partial charge in [-0.3, -0.25) is 4.79 Å². The molecule has 0 saturated carbocycles. The predicted molar refractivity (Wildman–Crippen MR) is 62.2 cm³/mol.